The molecule has 1 heterocycles. The summed E-state index contributed by atoms with van der Waals surface area (Å²) < 4.78 is 0. The van der Waals surface area contributed by atoms with Crippen molar-refractivity contribution in [1.29, 1.82) is 0 Å². The topological polar surface area (TPSA) is 60.9 Å². The Morgan fingerprint density at radius 3 is 2.64 bits per heavy atom. The first-order valence-corrected chi connectivity index (χ1v) is 8.43. The fraction of sp³-hybridized carbons (Fsp3) is 0.300. The van der Waals surface area contributed by atoms with Gasteiger partial charge in [0, 0.05) is 37.8 Å². The highest BCUT2D eigenvalue weighted by atomic mass is 16.3. The Labute approximate surface area is 147 Å². The van der Waals surface area contributed by atoms with Crippen molar-refractivity contribution in [1.82, 2.24) is 4.90 Å². The Bertz CT molecular complexity index is 774. The second-order valence-electron chi connectivity index (χ2n) is 6.23. The molecule has 2 amide bonds. The van der Waals surface area contributed by atoms with Crippen LogP contribution in [-0.2, 0) is 17.8 Å². The van der Waals surface area contributed by atoms with E-state index in [-0.39, 0.29) is 25.0 Å². The molecule has 25 heavy (non-hydrogen) atoms. The first kappa shape index (κ1) is 17.2. The van der Waals surface area contributed by atoms with Crippen LogP contribution in [0.1, 0.15) is 27.9 Å². The van der Waals surface area contributed by atoms with E-state index in [1.165, 1.54) is 0 Å². The summed E-state index contributed by atoms with van der Waals surface area (Å²) >= 11 is 0. The molecule has 1 aliphatic rings. The number of benzene rings is 2. The molecule has 5 heteroatoms. The number of aliphatic hydroxyl groups is 1. The van der Waals surface area contributed by atoms with Crippen molar-refractivity contribution in [3.63, 3.8) is 0 Å². The van der Waals surface area contributed by atoms with Crippen molar-refractivity contribution >= 4 is 17.5 Å². The average molecular weight is 338 g/mol. The zero-order valence-electron chi connectivity index (χ0n) is 14.3. The lowest BCUT2D eigenvalue weighted by atomic mass is 9.98. The van der Waals surface area contributed by atoms with Crippen LogP contribution in [0.4, 0.5) is 5.69 Å². The minimum Gasteiger partial charge on any atom is -0.395 e. The normalized spacial score (nSPS) is 13.5. The zero-order chi connectivity index (χ0) is 17.8. The van der Waals surface area contributed by atoms with Gasteiger partial charge in [-0.05, 0) is 35.7 Å². The fourth-order valence-corrected chi connectivity index (χ4v) is 3.15. The number of nitrogens with zero attached hydrogens (tertiary/aromatic N) is 2. The fourth-order valence-electron chi connectivity index (χ4n) is 3.15. The van der Waals surface area contributed by atoms with Crippen molar-refractivity contribution in [3.8, 4) is 0 Å². The molecule has 5 nitrogen and oxygen atoms in total. The summed E-state index contributed by atoms with van der Waals surface area (Å²) in [7, 11) is 1.76. The molecule has 1 N–H and O–H groups in total. The van der Waals surface area contributed by atoms with E-state index in [2.05, 4.69) is 0 Å². The summed E-state index contributed by atoms with van der Waals surface area (Å²) in [5.74, 6) is -0.0159. The van der Waals surface area contributed by atoms with Gasteiger partial charge in [0.2, 0.25) is 5.91 Å². The highest BCUT2D eigenvalue weighted by Gasteiger charge is 2.23. The lowest BCUT2D eigenvalue weighted by molar-refractivity contribution is -0.118. The molecule has 1 aliphatic heterocycles. The Balaban J connectivity index is 1.84. The first-order valence-electron chi connectivity index (χ1n) is 8.43. The summed E-state index contributed by atoms with van der Waals surface area (Å²) in [6.45, 7) is 0.652. The molecule has 0 saturated heterocycles. The van der Waals surface area contributed by atoms with E-state index in [0.29, 0.717) is 24.9 Å². The van der Waals surface area contributed by atoms with Gasteiger partial charge >= 0.3 is 0 Å². The molecule has 130 valence electrons. The van der Waals surface area contributed by atoms with E-state index >= 15 is 0 Å². The van der Waals surface area contributed by atoms with Crippen LogP contribution in [0.5, 0.6) is 0 Å². The Hall–Kier alpha value is -2.66. The molecule has 0 saturated carbocycles. The number of carbonyl (C=O) groups excluding carboxylic acids is 2. The molecule has 0 aromatic heterocycles. The van der Waals surface area contributed by atoms with Crippen LogP contribution < -0.4 is 4.90 Å². The van der Waals surface area contributed by atoms with Crippen LogP contribution in [0.3, 0.4) is 0 Å². The molecule has 0 bridgehead atoms. The van der Waals surface area contributed by atoms with E-state index in [9.17, 15) is 14.7 Å². The molecule has 0 unspecified atom stereocenters. The van der Waals surface area contributed by atoms with Crippen molar-refractivity contribution in [3.05, 3.63) is 65.2 Å². The number of amides is 2. The lowest BCUT2D eigenvalue weighted by Gasteiger charge is -2.27. The summed E-state index contributed by atoms with van der Waals surface area (Å²) in [6, 6.07) is 15.2. The summed E-state index contributed by atoms with van der Waals surface area (Å²) in [4.78, 5) is 28.0. The average Bonchev–Trinajstić information content (AvgIpc) is 2.64. The summed E-state index contributed by atoms with van der Waals surface area (Å²) in [6.07, 6.45) is 1.11. The third kappa shape index (κ3) is 3.72. The molecule has 3 rings (SSSR count). The smallest absolute Gasteiger partial charge is 0.254 e. The number of fused-ring (bicyclic) bond motifs is 1. The van der Waals surface area contributed by atoms with E-state index in [1.807, 2.05) is 42.5 Å². The van der Waals surface area contributed by atoms with Gasteiger partial charge in [0.15, 0.2) is 0 Å². The highest BCUT2D eigenvalue weighted by molar-refractivity contribution is 5.99. The third-order valence-corrected chi connectivity index (χ3v) is 4.54. The van der Waals surface area contributed by atoms with Crippen molar-refractivity contribution < 1.29 is 14.7 Å². The van der Waals surface area contributed by atoms with Gasteiger partial charge in [-0.15, -0.1) is 0 Å². The Morgan fingerprint density at radius 1 is 1.16 bits per heavy atom. The van der Waals surface area contributed by atoms with Gasteiger partial charge in [-0.3, -0.25) is 9.59 Å². The van der Waals surface area contributed by atoms with Gasteiger partial charge in [-0.2, -0.15) is 0 Å². The lowest BCUT2D eigenvalue weighted by Crippen LogP contribution is -2.34. The molecule has 0 fully saturated rings. The predicted molar refractivity (Wildman–Crippen MR) is 96.4 cm³/mol. The maximum absolute atomic E-state index is 12.9. The van der Waals surface area contributed by atoms with E-state index < -0.39 is 0 Å². The number of aryl methyl sites for hydroxylation is 1. The van der Waals surface area contributed by atoms with Gasteiger partial charge in [0.25, 0.3) is 5.91 Å². The van der Waals surface area contributed by atoms with Gasteiger partial charge in [-0.1, -0.05) is 30.3 Å². The van der Waals surface area contributed by atoms with Gasteiger partial charge in [0.1, 0.15) is 0 Å². The largest absolute Gasteiger partial charge is 0.395 e. The van der Waals surface area contributed by atoms with Gasteiger partial charge in [-0.25, -0.2) is 0 Å². The molecule has 0 spiro atoms. The number of anilines is 1. The Morgan fingerprint density at radius 2 is 1.92 bits per heavy atom. The minimum atomic E-state index is -0.111. The van der Waals surface area contributed by atoms with Gasteiger partial charge < -0.3 is 14.9 Å². The predicted octanol–water partition coefficient (Wildman–Crippen LogP) is 2.23. The molecule has 2 aromatic rings. The van der Waals surface area contributed by atoms with Gasteiger partial charge in [0.05, 0.1) is 6.61 Å². The van der Waals surface area contributed by atoms with E-state index in [0.717, 1.165) is 16.8 Å². The molecule has 2 aromatic carbocycles. The monoisotopic (exact) mass is 338 g/mol. The van der Waals surface area contributed by atoms with Crippen molar-refractivity contribution in [2.45, 2.75) is 19.4 Å². The SMILES string of the molecule is CN1C(=O)CCc2cc(C(=O)N(CCO)Cc3ccccc3)ccc21. The molecule has 0 atom stereocenters. The second kappa shape index (κ2) is 7.49. The summed E-state index contributed by atoms with van der Waals surface area (Å²) in [5, 5.41) is 9.33. The maximum atomic E-state index is 12.9. The standard InChI is InChI=1S/C20H22N2O3/c1-21-18-9-7-17(13-16(18)8-10-19(21)24)20(25)22(11-12-23)14-15-5-3-2-4-6-15/h2-7,9,13,23H,8,10-12,14H2,1H3. The number of hydrogen-bond donors (Lipinski definition) is 1. The molecular formula is C20H22N2O3. The number of rotatable bonds is 5. The Kier molecular flexibility index (Phi) is 5.14. The minimum absolute atomic E-state index is 0.0826. The van der Waals surface area contributed by atoms with Crippen LogP contribution >= 0.6 is 0 Å². The van der Waals surface area contributed by atoms with E-state index in [1.54, 1.807) is 22.9 Å². The van der Waals surface area contributed by atoms with Crippen molar-refractivity contribution in [2.75, 3.05) is 25.1 Å². The van der Waals surface area contributed by atoms with Crippen LogP contribution in [-0.4, -0.2) is 42.0 Å². The van der Waals surface area contributed by atoms with Crippen LogP contribution in [0.25, 0.3) is 0 Å². The van der Waals surface area contributed by atoms with Crippen molar-refractivity contribution in [2.24, 2.45) is 0 Å². The zero-order valence-corrected chi connectivity index (χ0v) is 14.3. The van der Waals surface area contributed by atoms with E-state index in [4.69, 9.17) is 0 Å². The number of hydrogen-bond acceptors (Lipinski definition) is 3. The maximum Gasteiger partial charge on any atom is 0.254 e. The number of aliphatic hydroxyl groups excluding tert-OH is 1. The van der Waals surface area contributed by atoms with Crippen LogP contribution in [0.15, 0.2) is 48.5 Å². The summed E-state index contributed by atoms with van der Waals surface area (Å²) in [5.41, 5.74) is 3.49. The number of carbonyl (C=O) groups is 2. The third-order valence-electron chi connectivity index (χ3n) is 4.54. The molecule has 0 aliphatic carbocycles. The molecule has 0 radical (unpaired) electrons. The first-order chi connectivity index (χ1) is 12.1. The quantitative estimate of drug-likeness (QED) is 0.909. The highest BCUT2D eigenvalue weighted by Crippen LogP contribution is 2.28. The van der Waals surface area contributed by atoms with Crippen LogP contribution in [0, 0.1) is 0 Å². The van der Waals surface area contributed by atoms with Crippen LogP contribution in [0.2, 0.25) is 0 Å². The second-order valence-corrected chi connectivity index (χ2v) is 6.23. The molecular weight excluding hydrogens is 316 g/mol.